The molecule has 0 fully saturated rings. The number of fused-ring (bicyclic) bond motifs is 1. The number of hydrogen-bond acceptors (Lipinski definition) is 6. The Morgan fingerprint density at radius 1 is 0.857 bits per heavy atom. The van der Waals surface area contributed by atoms with E-state index in [0.29, 0.717) is 22.4 Å². The van der Waals surface area contributed by atoms with Gasteiger partial charge in [0.15, 0.2) is 0 Å². The standard InChI is InChI=1S/C26H21N3O6/c1-16(30)35-20-6-4-5-18(13-20)24(32)28-19-11-9-17(10-12-19)14-27-23(31)15-29-25(33)21-7-2-3-8-22(21)26(29)34/h2-13H,14-15H2,1H3,(H,27,31)(H,28,32). The summed E-state index contributed by atoms with van der Waals surface area (Å²) in [5.41, 5.74) is 2.21. The Balaban J connectivity index is 1.29. The highest BCUT2D eigenvalue weighted by Gasteiger charge is 2.36. The molecule has 0 aromatic heterocycles. The highest BCUT2D eigenvalue weighted by atomic mass is 16.5. The Bertz CT molecular complexity index is 1300. The fourth-order valence-electron chi connectivity index (χ4n) is 3.56. The van der Waals surface area contributed by atoms with E-state index in [9.17, 15) is 24.0 Å². The van der Waals surface area contributed by atoms with Crippen LogP contribution in [0.15, 0.2) is 72.8 Å². The maximum atomic E-state index is 12.5. The van der Waals surface area contributed by atoms with Crippen molar-refractivity contribution in [3.8, 4) is 5.75 Å². The van der Waals surface area contributed by atoms with Gasteiger partial charge in [0.25, 0.3) is 17.7 Å². The van der Waals surface area contributed by atoms with E-state index < -0.39 is 23.7 Å². The summed E-state index contributed by atoms with van der Waals surface area (Å²) < 4.78 is 4.99. The van der Waals surface area contributed by atoms with Gasteiger partial charge in [-0.3, -0.25) is 28.9 Å². The summed E-state index contributed by atoms with van der Waals surface area (Å²) in [6.07, 6.45) is 0. The van der Waals surface area contributed by atoms with Gasteiger partial charge < -0.3 is 15.4 Å². The van der Waals surface area contributed by atoms with Crippen LogP contribution in [0.1, 0.15) is 43.6 Å². The zero-order chi connectivity index (χ0) is 24.9. The van der Waals surface area contributed by atoms with Crippen molar-refractivity contribution in [2.75, 3.05) is 11.9 Å². The third-order valence-electron chi connectivity index (χ3n) is 5.24. The van der Waals surface area contributed by atoms with Gasteiger partial charge in [-0.25, -0.2) is 0 Å². The van der Waals surface area contributed by atoms with Crippen LogP contribution in [0, 0.1) is 0 Å². The van der Waals surface area contributed by atoms with Crippen LogP contribution in [0.25, 0.3) is 0 Å². The first kappa shape index (κ1) is 23.4. The predicted molar refractivity (Wildman–Crippen MR) is 126 cm³/mol. The minimum absolute atomic E-state index is 0.181. The van der Waals surface area contributed by atoms with E-state index >= 15 is 0 Å². The van der Waals surface area contributed by atoms with Crippen LogP contribution >= 0.6 is 0 Å². The normalized spacial score (nSPS) is 12.2. The summed E-state index contributed by atoms with van der Waals surface area (Å²) in [7, 11) is 0. The monoisotopic (exact) mass is 471 g/mol. The maximum absolute atomic E-state index is 12.5. The molecule has 3 aromatic rings. The molecule has 35 heavy (non-hydrogen) atoms. The van der Waals surface area contributed by atoms with E-state index in [-0.39, 0.29) is 24.7 Å². The lowest BCUT2D eigenvalue weighted by Gasteiger charge is -2.14. The summed E-state index contributed by atoms with van der Waals surface area (Å²) in [6, 6.07) is 19.5. The molecular formula is C26H21N3O6. The Morgan fingerprint density at radius 2 is 1.51 bits per heavy atom. The predicted octanol–water partition coefficient (Wildman–Crippen LogP) is 2.78. The molecule has 1 aliphatic rings. The number of benzene rings is 3. The van der Waals surface area contributed by atoms with Crippen molar-refractivity contribution >= 4 is 35.3 Å². The van der Waals surface area contributed by atoms with Gasteiger partial charge in [-0.2, -0.15) is 0 Å². The molecule has 0 aliphatic carbocycles. The van der Waals surface area contributed by atoms with E-state index in [1.807, 2.05) is 0 Å². The van der Waals surface area contributed by atoms with Gasteiger partial charge in [-0.15, -0.1) is 0 Å². The van der Waals surface area contributed by atoms with E-state index in [2.05, 4.69) is 10.6 Å². The minimum atomic E-state index is -0.487. The van der Waals surface area contributed by atoms with Crippen LogP contribution in [-0.2, 0) is 16.1 Å². The van der Waals surface area contributed by atoms with Crippen LogP contribution in [0.4, 0.5) is 5.69 Å². The fraction of sp³-hybridized carbons (Fsp3) is 0.115. The van der Waals surface area contributed by atoms with Crippen LogP contribution in [0.5, 0.6) is 5.75 Å². The number of nitrogens with one attached hydrogen (secondary N) is 2. The number of rotatable bonds is 7. The molecule has 0 spiro atoms. The third-order valence-corrected chi connectivity index (χ3v) is 5.24. The summed E-state index contributed by atoms with van der Waals surface area (Å²) in [6.45, 7) is 1.09. The summed E-state index contributed by atoms with van der Waals surface area (Å²) in [4.78, 5) is 61.6. The summed E-state index contributed by atoms with van der Waals surface area (Å²) >= 11 is 0. The zero-order valence-electron chi connectivity index (χ0n) is 18.7. The smallest absolute Gasteiger partial charge is 0.308 e. The molecule has 0 saturated carbocycles. The number of nitrogens with zero attached hydrogens (tertiary/aromatic N) is 1. The molecule has 4 amide bonds. The van der Waals surface area contributed by atoms with Crippen molar-refractivity contribution in [1.29, 1.82) is 0 Å². The van der Waals surface area contributed by atoms with E-state index in [1.165, 1.54) is 13.0 Å². The largest absolute Gasteiger partial charge is 0.427 e. The molecule has 4 rings (SSSR count). The summed E-state index contributed by atoms with van der Waals surface area (Å²) in [5, 5.41) is 5.44. The fourth-order valence-corrected chi connectivity index (χ4v) is 3.56. The van der Waals surface area contributed by atoms with Crippen molar-refractivity contribution in [3.05, 3.63) is 95.1 Å². The number of esters is 1. The lowest BCUT2D eigenvalue weighted by Crippen LogP contribution is -2.40. The Labute approximate surface area is 200 Å². The number of anilines is 1. The van der Waals surface area contributed by atoms with Crippen molar-refractivity contribution in [2.24, 2.45) is 0 Å². The van der Waals surface area contributed by atoms with Crippen LogP contribution in [-0.4, -0.2) is 41.0 Å². The van der Waals surface area contributed by atoms with Crippen molar-refractivity contribution in [1.82, 2.24) is 10.2 Å². The molecule has 2 N–H and O–H groups in total. The molecular weight excluding hydrogens is 450 g/mol. The van der Waals surface area contributed by atoms with Crippen LogP contribution in [0.3, 0.4) is 0 Å². The van der Waals surface area contributed by atoms with Crippen LogP contribution < -0.4 is 15.4 Å². The van der Waals surface area contributed by atoms with Gasteiger partial charge in [0.05, 0.1) is 11.1 Å². The van der Waals surface area contributed by atoms with Gasteiger partial charge in [-0.05, 0) is 48.0 Å². The minimum Gasteiger partial charge on any atom is -0.427 e. The number of carbonyl (C=O) groups excluding carboxylic acids is 5. The van der Waals surface area contributed by atoms with E-state index in [4.69, 9.17) is 4.74 Å². The number of ether oxygens (including phenoxy) is 1. The Kier molecular flexibility index (Phi) is 6.68. The topological polar surface area (TPSA) is 122 Å². The average molecular weight is 471 g/mol. The van der Waals surface area contributed by atoms with Crippen molar-refractivity contribution in [2.45, 2.75) is 13.5 Å². The van der Waals surface area contributed by atoms with Gasteiger partial charge in [0.2, 0.25) is 5.91 Å². The molecule has 0 radical (unpaired) electrons. The maximum Gasteiger partial charge on any atom is 0.308 e. The molecule has 9 nitrogen and oxygen atoms in total. The van der Waals surface area contributed by atoms with Crippen molar-refractivity contribution in [3.63, 3.8) is 0 Å². The second kappa shape index (κ2) is 10.0. The average Bonchev–Trinajstić information content (AvgIpc) is 3.08. The Morgan fingerprint density at radius 3 is 2.14 bits per heavy atom. The molecule has 9 heteroatoms. The molecule has 0 unspecified atom stereocenters. The van der Waals surface area contributed by atoms with Gasteiger partial charge >= 0.3 is 5.97 Å². The second-order valence-electron chi connectivity index (χ2n) is 7.79. The van der Waals surface area contributed by atoms with E-state index in [1.54, 1.807) is 66.7 Å². The molecule has 0 atom stereocenters. The lowest BCUT2D eigenvalue weighted by atomic mass is 10.1. The van der Waals surface area contributed by atoms with Crippen LogP contribution in [0.2, 0.25) is 0 Å². The molecule has 3 aromatic carbocycles. The first-order chi connectivity index (χ1) is 16.8. The summed E-state index contributed by atoms with van der Waals surface area (Å²) in [5.74, 6) is -2.02. The third kappa shape index (κ3) is 5.41. The highest BCUT2D eigenvalue weighted by molar-refractivity contribution is 6.22. The number of imide groups is 1. The Hall–Kier alpha value is -4.79. The van der Waals surface area contributed by atoms with E-state index in [0.717, 1.165) is 10.5 Å². The number of carbonyl (C=O) groups is 5. The van der Waals surface area contributed by atoms with Gasteiger partial charge in [0, 0.05) is 24.7 Å². The molecule has 1 aliphatic heterocycles. The molecule has 0 saturated heterocycles. The first-order valence-corrected chi connectivity index (χ1v) is 10.7. The second-order valence-corrected chi connectivity index (χ2v) is 7.79. The quantitative estimate of drug-likeness (QED) is 0.310. The first-order valence-electron chi connectivity index (χ1n) is 10.7. The molecule has 0 bridgehead atoms. The zero-order valence-corrected chi connectivity index (χ0v) is 18.7. The SMILES string of the molecule is CC(=O)Oc1cccc(C(=O)Nc2ccc(CNC(=O)CN3C(=O)c4ccccc4C3=O)cc2)c1. The number of hydrogen-bond donors (Lipinski definition) is 2. The van der Waals surface area contributed by atoms with Gasteiger partial charge in [0.1, 0.15) is 12.3 Å². The molecule has 176 valence electrons. The highest BCUT2D eigenvalue weighted by Crippen LogP contribution is 2.22. The van der Waals surface area contributed by atoms with Gasteiger partial charge in [-0.1, -0.05) is 30.3 Å². The van der Waals surface area contributed by atoms with Crippen molar-refractivity contribution < 1.29 is 28.7 Å². The molecule has 1 heterocycles. The lowest BCUT2D eigenvalue weighted by molar-refractivity contribution is -0.131. The number of amides is 4.